The molecule has 2 aromatic carbocycles. The van der Waals surface area contributed by atoms with Gasteiger partial charge in [0, 0.05) is 21.2 Å². The molecule has 2 aromatic rings. The molecule has 0 aliphatic heterocycles. The Bertz CT molecular complexity index is 647. The van der Waals surface area contributed by atoms with Gasteiger partial charge in [-0.3, -0.25) is 0 Å². The van der Waals surface area contributed by atoms with Crippen molar-refractivity contribution in [3.05, 3.63) is 57.6 Å². The Labute approximate surface area is 147 Å². The van der Waals surface area contributed by atoms with E-state index >= 15 is 0 Å². The summed E-state index contributed by atoms with van der Waals surface area (Å²) >= 11 is 12.1. The molecule has 0 atom stereocenters. The van der Waals surface area contributed by atoms with Crippen molar-refractivity contribution >= 4 is 23.2 Å². The average molecular weight is 355 g/mol. The lowest BCUT2D eigenvalue weighted by Gasteiger charge is -2.13. The minimum atomic E-state index is 0.369. The third kappa shape index (κ3) is 5.31. The first-order valence-corrected chi connectivity index (χ1v) is 8.45. The number of ether oxygens (including phenoxy) is 2. The van der Waals surface area contributed by atoms with E-state index in [9.17, 15) is 0 Å². The Morgan fingerprint density at radius 2 is 1.87 bits per heavy atom. The Morgan fingerprint density at radius 3 is 2.57 bits per heavy atom. The maximum absolute atomic E-state index is 6.17. The van der Waals surface area contributed by atoms with Crippen LogP contribution < -0.4 is 14.8 Å². The first kappa shape index (κ1) is 17.9. The Balaban J connectivity index is 2.04. The molecule has 124 valence electrons. The van der Waals surface area contributed by atoms with Crippen LogP contribution in [-0.2, 0) is 13.2 Å². The van der Waals surface area contributed by atoms with E-state index in [-0.39, 0.29) is 0 Å². The number of methoxy groups -OCH3 is 1. The molecule has 0 aliphatic carbocycles. The molecule has 2 rings (SSSR count). The van der Waals surface area contributed by atoms with E-state index in [1.54, 1.807) is 19.2 Å². The molecule has 0 aliphatic rings. The van der Waals surface area contributed by atoms with E-state index in [0.717, 1.165) is 24.4 Å². The van der Waals surface area contributed by atoms with Crippen molar-refractivity contribution < 1.29 is 14.8 Å². The number of nitrogens with two attached hydrogens (primary N) is 1. The largest absolute Gasteiger partial charge is 0.493 e. The second kappa shape index (κ2) is 9.02. The highest BCUT2D eigenvalue weighted by atomic mass is 35.5. The van der Waals surface area contributed by atoms with Crippen LogP contribution in [0.15, 0.2) is 36.4 Å². The van der Waals surface area contributed by atoms with Crippen LogP contribution in [0.4, 0.5) is 0 Å². The van der Waals surface area contributed by atoms with Gasteiger partial charge in [-0.25, -0.2) is 0 Å². The third-order valence-corrected chi connectivity index (χ3v) is 4.09. The maximum Gasteiger partial charge on any atom is 0.161 e. The zero-order valence-electron chi connectivity index (χ0n) is 13.4. The van der Waals surface area contributed by atoms with Gasteiger partial charge in [0.25, 0.3) is 0 Å². The average Bonchev–Trinajstić information content (AvgIpc) is 2.55. The second-order valence-corrected chi connectivity index (χ2v) is 6.13. The number of halogens is 2. The van der Waals surface area contributed by atoms with E-state index in [2.05, 4.69) is 18.3 Å². The summed E-state index contributed by atoms with van der Waals surface area (Å²) in [4.78, 5) is 0. The van der Waals surface area contributed by atoms with Gasteiger partial charge in [-0.15, -0.1) is 0 Å². The van der Waals surface area contributed by atoms with Gasteiger partial charge in [-0.2, -0.15) is 0 Å². The molecule has 0 bridgehead atoms. The first-order valence-electron chi connectivity index (χ1n) is 7.69. The molecule has 0 saturated carbocycles. The van der Waals surface area contributed by atoms with Crippen molar-refractivity contribution in [1.29, 1.82) is 0 Å². The minimum absolute atomic E-state index is 0.369. The lowest BCUT2D eigenvalue weighted by molar-refractivity contribution is -0.670. The molecule has 0 radical (unpaired) electrons. The van der Waals surface area contributed by atoms with Crippen LogP contribution in [0.2, 0.25) is 10.0 Å². The Kier molecular flexibility index (Phi) is 7.03. The van der Waals surface area contributed by atoms with Gasteiger partial charge in [0.15, 0.2) is 11.5 Å². The quantitative estimate of drug-likeness (QED) is 0.725. The third-order valence-electron chi connectivity index (χ3n) is 3.50. The van der Waals surface area contributed by atoms with E-state index in [0.29, 0.717) is 22.4 Å². The van der Waals surface area contributed by atoms with Crippen LogP contribution in [0, 0.1) is 0 Å². The number of quaternary nitrogens is 1. The van der Waals surface area contributed by atoms with Crippen molar-refractivity contribution in [2.75, 3.05) is 13.7 Å². The number of hydrogen-bond donors (Lipinski definition) is 1. The van der Waals surface area contributed by atoms with Gasteiger partial charge in [0.2, 0.25) is 0 Å². The zero-order chi connectivity index (χ0) is 16.7. The summed E-state index contributed by atoms with van der Waals surface area (Å²) < 4.78 is 11.3. The molecule has 0 amide bonds. The van der Waals surface area contributed by atoms with Crippen molar-refractivity contribution in [3.8, 4) is 11.5 Å². The van der Waals surface area contributed by atoms with Crippen LogP contribution >= 0.6 is 23.2 Å². The summed E-state index contributed by atoms with van der Waals surface area (Å²) in [6, 6.07) is 11.4. The van der Waals surface area contributed by atoms with E-state index in [4.69, 9.17) is 32.7 Å². The molecule has 0 fully saturated rings. The molecule has 0 aromatic heterocycles. The van der Waals surface area contributed by atoms with Crippen LogP contribution in [0.1, 0.15) is 24.5 Å². The summed E-state index contributed by atoms with van der Waals surface area (Å²) in [5, 5.41) is 3.49. The van der Waals surface area contributed by atoms with Gasteiger partial charge in [0.1, 0.15) is 13.2 Å². The summed E-state index contributed by atoms with van der Waals surface area (Å²) in [6.07, 6.45) is 1.17. The normalized spacial score (nSPS) is 10.6. The minimum Gasteiger partial charge on any atom is -0.493 e. The van der Waals surface area contributed by atoms with Gasteiger partial charge in [0.05, 0.1) is 13.7 Å². The number of benzene rings is 2. The lowest BCUT2D eigenvalue weighted by atomic mass is 10.2. The molecule has 0 spiro atoms. The predicted octanol–water partition coefficient (Wildman–Crippen LogP) is 4.05. The van der Waals surface area contributed by atoms with Crippen LogP contribution in [0.3, 0.4) is 0 Å². The number of rotatable bonds is 8. The fraction of sp³-hybridized carbons (Fsp3) is 0.333. The van der Waals surface area contributed by atoms with Crippen LogP contribution in [0.25, 0.3) is 0 Å². The van der Waals surface area contributed by atoms with Gasteiger partial charge < -0.3 is 14.8 Å². The molecule has 0 heterocycles. The van der Waals surface area contributed by atoms with Crippen molar-refractivity contribution in [3.63, 3.8) is 0 Å². The molecule has 23 heavy (non-hydrogen) atoms. The topological polar surface area (TPSA) is 35.1 Å². The standard InChI is InChI=1S/C18H21Cl2NO2/c1-3-8-21-11-13-4-7-17(18(9-13)22-2)23-12-14-5-6-15(19)10-16(14)20/h4-7,9-10,21H,3,8,11-12H2,1-2H3/p+1. The second-order valence-electron chi connectivity index (χ2n) is 5.29. The predicted molar refractivity (Wildman–Crippen MR) is 94.6 cm³/mol. The fourth-order valence-corrected chi connectivity index (χ4v) is 2.69. The molecule has 2 N–H and O–H groups in total. The van der Waals surface area contributed by atoms with Gasteiger partial charge in [-0.05, 0) is 36.8 Å². The van der Waals surface area contributed by atoms with Crippen molar-refractivity contribution in [2.45, 2.75) is 26.5 Å². The smallest absolute Gasteiger partial charge is 0.161 e. The SMILES string of the molecule is CCC[NH2+]Cc1ccc(OCc2ccc(Cl)cc2Cl)c(OC)c1. The molecular formula is C18H22Cl2NO2+. The first-order chi connectivity index (χ1) is 11.1. The molecule has 3 nitrogen and oxygen atoms in total. The monoisotopic (exact) mass is 354 g/mol. The van der Waals surface area contributed by atoms with Gasteiger partial charge in [-0.1, -0.05) is 36.2 Å². The summed E-state index contributed by atoms with van der Waals surface area (Å²) in [7, 11) is 1.65. The summed E-state index contributed by atoms with van der Waals surface area (Å²) in [6.45, 7) is 4.60. The Hall–Kier alpha value is -1.42. The highest BCUT2D eigenvalue weighted by Gasteiger charge is 2.09. The number of hydrogen-bond acceptors (Lipinski definition) is 2. The lowest BCUT2D eigenvalue weighted by Crippen LogP contribution is -2.82. The van der Waals surface area contributed by atoms with Crippen LogP contribution in [-0.4, -0.2) is 13.7 Å². The molecule has 0 saturated heterocycles. The molecule has 0 unspecified atom stereocenters. The fourth-order valence-electron chi connectivity index (χ4n) is 2.23. The highest BCUT2D eigenvalue weighted by molar-refractivity contribution is 6.35. The van der Waals surface area contributed by atoms with Crippen LogP contribution in [0.5, 0.6) is 11.5 Å². The summed E-state index contributed by atoms with van der Waals surface area (Å²) in [5.41, 5.74) is 2.10. The van der Waals surface area contributed by atoms with E-state index in [1.807, 2.05) is 18.2 Å². The van der Waals surface area contributed by atoms with Crippen molar-refractivity contribution in [2.24, 2.45) is 0 Å². The Morgan fingerprint density at radius 1 is 1.04 bits per heavy atom. The van der Waals surface area contributed by atoms with Crippen molar-refractivity contribution in [1.82, 2.24) is 0 Å². The maximum atomic E-state index is 6.17. The highest BCUT2D eigenvalue weighted by Crippen LogP contribution is 2.30. The van der Waals surface area contributed by atoms with E-state index < -0.39 is 0 Å². The van der Waals surface area contributed by atoms with Gasteiger partial charge >= 0.3 is 0 Å². The van der Waals surface area contributed by atoms with E-state index in [1.165, 1.54) is 12.0 Å². The molecule has 5 heteroatoms. The zero-order valence-corrected chi connectivity index (χ0v) is 15.0. The summed E-state index contributed by atoms with van der Waals surface area (Å²) in [5.74, 6) is 1.44. The molecular weight excluding hydrogens is 333 g/mol.